The Labute approximate surface area is 127 Å². The van der Waals surface area contributed by atoms with Gasteiger partial charge in [-0.1, -0.05) is 33.9 Å². The van der Waals surface area contributed by atoms with Crippen LogP contribution >= 0.6 is 11.3 Å². The van der Waals surface area contributed by atoms with Gasteiger partial charge in [0.1, 0.15) is 14.8 Å². The summed E-state index contributed by atoms with van der Waals surface area (Å²) in [5.41, 5.74) is -1.10. The summed E-state index contributed by atoms with van der Waals surface area (Å²) in [5.74, 6) is 0. The SMILES string of the molecule is CC(C)(O)c1ncc(S(=O)(=O)C[Si](C)(C)C(C)(C)C)s1. The fourth-order valence-electron chi connectivity index (χ4n) is 1.45. The summed E-state index contributed by atoms with van der Waals surface area (Å²) in [6, 6.07) is 0. The molecule has 0 spiro atoms. The lowest BCUT2D eigenvalue weighted by molar-refractivity contribution is 0.0783. The lowest BCUT2D eigenvalue weighted by atomic mass is 10.2. The molecule has 0 amide bonds. The Balaban J connectivity index is 3.10. The minimum Gasteiger partial charge on any atom is -0.383 e. The number of rotatable bonds is 4. The van der Waals surface area contributed by atoms with Crippen molar-refractivity contribution < 1.29 is 13.5 Å². The molecule has 1 heterocycles. The highest BCUT2D eigenvalue weighted by Crippen LogP contribution is 2.38. The maximum absolute atomic E-state index is 12.6. The molecule has 0 aliphatic rings. The van der Waals surface area contributed by atoms with Crippen molar-refractivity contribution in [3.8, 4) is 0 Å². The molecule has 0 saturated heterocycles. The zero-order chi connectivity index (χ0) is 16.0. The molecule has 4 nitrogen and oxygen atoms in total. The molecule has 1 aromatic rings. The number of sulfone groups is 1. The Morgan fingerprint density at radius 3 is 2.10 bits per heavy atom. The summed E-state index contributed by atoms with van der Waals surface area (Å²) in [5, 5.41) is 10.6. The molecule has 0 bridgehead atoms. The molecule has 1 aromatic heterocycles. The Hall–Kier alpha value is -0.243. The average Bonchev–Trinajstić information content (AvgIpc) is 2.61. The van der Waals surface area contributed by atoms with Gasteiger partial charge in [-0.15, -0.1) is 11.3 Å². The van der Waals surface area contributed by atoms with Gasteiger partial charge in [-0.05, 0) is 18.9 Å². The molecule has 0 saturated carbocycles. The largest absolute Gasteiger partial charge is 0.383 e. The second-order valence-corrected chi connectivity index (χ2v) is 16.8. The van der Waals surface area contributed by atoms with Gasteiger partial charge in [0.05, 0.1) is 14.3 Å². The normalized spacial score (nSPS) is 14.6. The van der Waals surface area contributed by atoms with E-state index in [1.807, 2.05) is 0 Å². The van der Waals surface area contributed by atoms with Gasteiger partial charge in [0.25, 0.3) is 0 Å². The van der Waals surface area contributed by atoms with Crippen molar-refractivity contribution in [1.29, 1.82) is 0 Å². The fourth-order valence-corrected chi connectivity index (χ4v) is 9.69. The number of hydrogen-bond acceptors (Lipinski definition) is 5. The molecular formula is C13H25NO3S2Si. The van der Waals surface area contributed by atoms with E-state index in [-0.39, 0.29) is 14.6 Å². The highest BCUT2D eigenvalue weighted by Gasteiger charge is 2.40. The monoisotopic (exact) mass is 335 g/mol. The number of hydrogen-bond donors (Lipinski definition) is 1. The molecule has 1 N–H and O–H groups in total. The fraction of sp³-hybridized carbons (Fsp3) is 0.769. The standard InChI is InChI=1S/C13H25NO3S2Si/c1-12(2,3)20(6,7)9-19(16,17)10-8-14-11(18-10)13(4,5)15/h8,15H,9H2,1-7H3. The molecule has 20 heavy (non-hydrogen) atoms. The minimum absolute atomic E-state index is 0.0177. The van der Waals surface area contributed by atoms with Crippen molar-refractivity contribution >= 4 is 29.2 Å². The van der Waals surface area contributed by atoms with E-state index in [9.17, 15) is 13.5 Å². The van der Waals surface area contributed by atoms with Crippen molar-refractivity contribution in [3.63, 3.8) is 0 Å². The second-order valence-electron chi connectivity index (χ2n) is 7.44. The van der Waals surface area contributed by atoms with E-state index < -0.39 is 23.5 Å². The molecule has 1 rings (SSSR count). The van der Waals surface area contributed by atoms with Gasteiger partial charge in [0.15, 0.2) is 9.84 Å². The third kappa shape index (κ3) is 3.90. The lowest BCUT2D eigenvalue weighted by Gasteiger charge is -2.36. The highest BCUT2D eigenvalue weighted by atomic mass is 32.2. The van der Waals surface area contributed by atoms with E-state index in [2.05, 4.69) is 38.8 Å². The van der Waals surface area contributed by atoms with Crippen molar-refractivity contribution in [2.24, 2.45) is 0 Å². The van der Waals surface area contributed by atoms with Crippen LogP contribution in [0.5, 0.6) is 0 Å². The molecule has 0 radical (unpaired) electrons. The topological polar surface area (TPSA) is 67.3 Å². The molecule has 0 aromatic carbocycles. The highest BCUT2D eigenvalue weighted by molar-refractivity contribution is 7.95. The van der Waals surface area contributed by atoms with Gasteiger partial charge in [-0.2, -0.15) is 0 Å². The first-order valence-electron chi connectivity index (χ1n) is 6.58. The quantitative estimate of drug-likeness (QED) is 0.858. The van der Waals surface area contributed by atoms with Crippen LogP contribution in [0.25, 0.3) is 0 Å². The Kier molecular flexibility index (Phi) is 4.62. The van der Waals surface area contributed by atoms with Crippen LogP contribution in [0.2, 0.25) is 18.1 Å². The van der Waals surface area contributed by atoms with Crippen LogP contribution in [0.15, 0.2) is 10.4 Å². The minimum atomic E-state index is -3.33. The summed E-state index contributed by atoms with van der Waals surface area (Å²) in [6.07, 6.45) is 1.38. The number of aliphatic hydroxyl groups is 1. The Morgan fingerprint density at radius 1 is 1.25 bits per heavy atom. The number of nitrogens with zero attached hydrogens (tertiary/aromatic N) is 1. The maximum atomic E-state index is 12.6. The zero-order valence-corrected chi connectivity index (χ0v) is 15.9. The molecule has 0 aliphatic carbocycles. The third-order valence-electron chi connectivity index (χ3n) is 3.90. The van der Waals surface area contributed by atoms with E-state index in [0.29, 0.717) is 5.01 Å². The van der Waals surface area contributed by atoms with E-state index in [1.165, 1.54) is 6.20 Å². The van der Waals surface area contributed by atoms with Crippen LogP contribution in [0.1, 0.15) is 39.6 Å². The average molecular weight is 336 g/mol. The van der Waals surface area contributed by atoms with E-state index in [0.717, 1.165) is 11.3 Å². The molecule has 0 unspecified atom stereocenters. The van der Waals surface area contributed by atoms with Crippen LogP contribution in [-0.2, 0) is 15.4 Å². The number of aromatic nitrogens is 1. The second kappa shape index (κ2) is 5.19. The van der Waals surface area contributed by atoms with E-state index >= 15 is 0 Å². The first-order chi connectivity index (χ1) is 8.67. The molecule has 116 valence electrons. The summed E-state index contributed by atoms with van der Waals surface area (Å²) in [7, 11) is -5.27. The van der Waals surface area contributed by atoms with Crippen LogP contribution in [-0.4, -0.2) is 32.0 Å². The van der Waals surface area contributed by atoms with Crippen LogP contribution in [0, 0.1) is 0 Å². The Morgan fingerprint density at radius 2 is 1.75 bits per heavy atom. The number of thiazole rings is 1. The summed E-state index contributed by atoms with van der Waals surface area (Å²) in [6.45, 7) is 13.7. The zero-order valence-electron chi connectivity index (χ0n) is 13.3. The predicted molar refractivity (Wildman–Crippen MR) is 86.6 cm³/mol. The van der Waals surface area contributed by atoms with Gasteiger partial charge < -0.3 is 5.11 Å². The van der Waals surface area contributed by atoms with Crippen molar-refractivity contribution in [3.05, 3.63) is 11.2 Å². The van der Waals surface area contributed by atoms with Gasteiger partial charge >= 0.3 is 0 Å². The maximum Gasteiger partial charge on any atom is 0.186 e. The van der Waals surface area contributed by atoms with Crippen LogP contribution in [0.4, 0.5) is 0 Å². The first-order valence-corrected chi connectivity index (χ1v) is 12.3. The van der Waals surface area contributed by atoms with Crippen LogP contribution < -0.4 is 0 Å². The van der Waals surface area contributed by atoms with Gasteiger partial charge in [0, 0.05) is 5.38 Å². The van der Waals surface area contributed by atoms with Crippen molar-refractivity contribution in [2.75, 3.05) is 5.38 Å². The van der Waals surface area contributed by atoms with E-state index in [1.54, 1.807) is 13.8 Å². The van der Waals surface area contributed by atoms with Crippen molar-refractivity contribution in [2.45, 2.75) is 62.6 Å². The first kappa shape index (κ1) is 17.8. The molecule has 0 fully saturated rings. The summed E-state index contributed by atoms with van der Waals surface area (Å²) < 4.78 is 25.4. The molecule has 0 aliphatic heterocycles. The predicted octanol–water partition coefficient (Wildman–Crippen LogP) is 3.19. The molecule has 0 atom stereocenters. The van der Waals surface area contributed by atoms with E-state index in [4.69, 9.17) is 0 Å². The van der Waals surface area contributed by atoms with Gasteiger partial charge in [-0.25, -0.2) is 13.4 Å². The lowest BCUT2D eigenvalue weighted by Crippen LogP contribution is -2.44. The molecule has 7 heteroatoms. The third-order valence-corrected chi connectivity index (χ3v) is 15.2. The summed E-state index contributed by atoms with van der Waals surface area (Å²) >= 11 is 1.07. The molecular weight excluding hydrogens is 310 g/mol. The Bertz CT molecular complexity index is 577. The van der Waals surface area contributed by atoms with Gasteiger partial charge in [-0.3, -0.25) is 0 Å². The smallest absolute Gasteiger partial charge is 0.186 e. The van der Waals surface area contributed by atoms with Gasteiger partial charge in [0.2, 0.25) is 0 Å². The van der Waals surface area contributed by atoms with Crippen molar-refractivity contribution in [1.82, 2.24) is 4.98 Å². The van der Waals surface area contributed by atoms with Crippen LogP contribution in [0.3, 0.4) is 0 Å². The summed E-state index contributed by atoms with van der Waals surface area (Å²) in [4.78, 5) is 4.05.